The van der Waals surface area contributed by atoms with E-state index in [0.29, 0.717) is 18.7 Å². The monoisotopic (exact) mass is 405 g/mol. The molecule has 1 unspecified atom stereocenters. The molecule has 3 aromatic rings. The Morgan fingerprint density at radius 1 is 1.20 bits per heavy atom. The number of piperidine rings is 1. The van der Waals surface area contributed by atoms with Crippen molar-refractivity contribution in [3.05, 3.63) is 59.9 Å². The summed E-state index contributed by atoms with van der Waals surface area (Å²) >= 11 is 0. The molecule has 2 aromatic heterocycles. The van der Waals surface area contributed by atoms with Crippen LogP contribution in [0.25, 0.3) is 11.0 Å². The molecule has 0 bridgehead atoms. The number of carbonyl (C=O) groups excluding carboxylic acids is 1. The zero-order valence-electron chi connectivity index (χ0n) is 17.8. The van der Waals surface area contributed by atoms with E-state index in [4.69, 9.17) is 0 Å². The molecular weight excluding hydrogens is 374 g/mol. The largest absolute Gasteiger partial charge is 0.352 e. The van der Waals surface area contributed by atoms with Gasteiger partial charge in [-0.25, -0.2) is 9.67 Å². The first-order valence-corrected chi connectivity index (χ1v) is 11.0. The summed E-state index contributed by atoms with van der Waals surface area (Å²) < 4.78 is 1.87. The van der Waals surface area contributed by atoms with Crippen molar-refractivity contribution in [3.8, 4) is 0 Å². The third-order valence-corrected chi connectivity index (χ3v) is 5.84. The quantitative estimate of drug-likeness (QED) is 0.580. The van der Waals surface area contributed by atoms with Gasteiger partial charge in [0.25, 0.3) is 5.91 Å². The zero-order valence-corrected chi connectivity index (χ0v) is 17.8. The van der Waals surface area contributed by atoms with Crippen LogP contribution in [-0.2, 0) is 6.54 Å². The van der Waals surface area contributed by atoms with Crippen LogP contribution in [0.2, 0.25) is 0 Å². The molecule has 1 atom stereocenters. The van der Waals surface area contributed by atoms with Gasteiger partial charge in [0.05, 0.1) is 18.3 Å². The first-order chi connectivity index (χ1) is 14.7. The normalized spacial score (nSPS) is 17.3. The summed E-state index contributed by atoms with van der Waals surface area (Å²) in [6, 6.07) is 12.1. The molecule has 1 saturated heterocycles. The van der Waals surface area contributed by atoms with E-state index in [1.807, 2.05) is 28.9 Å². The standard InChI is InChI=1S/C24H31N5O/c1-19-8-7-13-28(17-19)12-6-5-11-25-24(30)22-14-21-16-27-29(23(21)26-15-22)18-20-9-3-2-4-10-20/h2-4,9-10,14-16,19H,5-8,11-13,17-18H2,1H3,(H,25,30). The van der Waals surface area contributed by atoms with Gasteiger partial charge in [-0.1, -0.05) is 37.3 Å². The number of amides is 1. The lowest BCUT2D eigenvalue weighted by Crippen LogP contribution is -2.35. The molecule has 0 aliphatic carbocycles. The number of unbranched alkanes of at least 4 members (excludes halogenated alkanes) is 1. The Morgan fingerprint density at radius 3 is 2.90 bits per heavy atom. The summed E-state index contributed by atoms with van der Waals surface area (Å²) in [6.45, 7) is 7.28. The third kappa shape index (κ3) is 5.25. The van der Waals surface area contributed by atoms with Gasteiger partial charge in [-0.3, -0.25) is 4.79 Å². The lowest BCUT2D eigenvalue weighted by atomic mass is 10.0. The van der Waals surface area contributed by atoms with Gasteiger partial charge >= 0.3 is 0 Å². The summed E-state index contributed by atoms with van der Waals surface area (Å²) in [5.41, 5.74) is 2.56. The van der Waals surface area contributed by atoms with Gasteiger partial charge in [0.2, 0.25) is 0 Å². The summed E-state index contributed by atoms with van der Waals surface area (Å²) in [5, 5.41) is 8.36. The number of hydrogen-bond donors (Lipinski definition) is 1. The van der Waals surface area contributed by atoms with Crippen LogP contribution >= 0.6 is 0 Å². The lowest BCUT2D eigenvalue weighted by molar-refractivity contribution is 0.0952. The fourth-order valence-electron chi connectivity index (χ4n) is 4.22. The van der Waals surface area contributed by atoms with Crippen LogP contribution in [0.15, 0.2) is 48.8 Å². The Labute approximate surface area is 178 Å². The van der Waals surface area contributed by atoms with E-state index in [9.17, 15) is 4.79 Å². The highest BCUT2D eigenvalue weighted by Crippen LogP contribution is 2.16. The van der Waals surface area contributed by atoms with Crippen molar-refractivity contribution in [1.82, 2.24) is 25.0 Å². The minimum absolute atomic E-state index is 0.0631. The van der Waals surface area contributed by atoms with Crippen LogP contribution < -0.4 is 5.32 Å². The number of carbonyl (C=O) groups is 1. The molecule has 0 spiro atoms. The number of likely N-dealkylation sites (tertiary alicyclic amines) is 1. The molecule has 6 heteroatoms. The number of hydrogen-bond acceptors (Lipinski definition) is 4. The molecular formula is C24H31N5O. The Hall–Kier alpha value is -2.73. The number of fused-ring (bicyclic) bond motifs is 1. The van der Waals surface area contributed by atoms with Gasteiger partial charge in [-0.15, -0.1) is 0 Å². The van der Waals surface area contributed by atoms with Gasteiger partial charge in [-0.05, 0) is 56.3 Å². The highest BCUT2D eigenvalue weighted by atomic mass is 16.1. The Morgan fingerprint density at radius 2 is 2.07 bits per heavy atom. The molecule has 0 saturated carbocycles. The number of benzene rings is 1. The molecule has 158 valence electrons. The fourth-order valence-corrected chi connectivity index (χ4v) is 4.22. The topological polar surface area (TPSA) is 63.1 Å². The van der Waals surface area contributed by atoms with Crippen LogP contribution in [0.4, 0.5) is 0 Å². The average molecular weight is 406 g/mol. The maximum absolute atomic E-state index is 12.5. The molecule has 1 amide bonds. The van der Waals surface area contributed by atoms with E-state index in [2.05, 4.69) is 39.4 Å². The van der Waals surface area contributed by atoms with E-state index >= 15 is 0 Å². The number of rotatable bonds is 8. The number of nitrogens with zero attached hydrogens (tertiary/aromatic N) is 4. The van der Waals surface area contributed by atoms with Gasteiger partial charge in [0.1, 0.15) is 0 Å². The van der Waals surface area contributed by atoms with Crippen molar-refractivity contribution >= 4 is 16.9 Å². The molecule has 3 heterocycles. The second-order valence-corrected chi connectivity index (χ2v) is 8.44. The van der Waals surface area contributed by atoms with E-state index < -0.39 is 0 Å². The second-order valence-electron chi connectivity index (χ2n) is 8.44. The smallest absolute Gasteiger partial charge is 0.252 e. The van der Waals surface area contributed by atoms with Crippen molar-refractivity contribution in [2.24, 2.45) is 5.92 Å². The maximum atomic E-state index is 12.5. The molecule has 6 nitrogen and oxygen atoms in total. The first-order valence-electron chi connectivity index (χ1n) is 11.0. The van der Waals surface area contributed by atoms with E-state index in [0.717, 1.165) is 36.3 Å². The molecule has 4 rings (SSSR count). The Balaban J connectivity index is 1.26. The highest BCUT2D eigenvalue weighted by molar-refractivity contribution is 5.96. The summed E-state index contributed by atoms with van der Waals surface area (Å²) in [6.07, 6.45) is 8.22. The van der Waals surface area contributed by atoms with E-state index in [1.165, 1.54) is 31.5 Å². The van der Waals surface area contributed by atoms with Gasteiger partial charge < -0.3 is 10.2 Å². The molecule has 1 N–H and O–H groups in total. The minimum Gasteiger partial charge on any atom is -0.352 e. The Bertz CT molecular complexity index is 968. The number of nitrogens with one attached hydrogen (secondary N) is 1. The predicted octanol–water partition coefficient (Wildman–Crippen LogP) is 3.72. The molecule has 1 aliphatic rings. The van der Waals surface area contributed by atoms with Gasteiger partial charge in [0, 0.05) is 24.7 Å². The van der Waals surface area contributed by atoms with Crippen molar-refractivity contribution in [1.29, 1.82) is 0 Å². The molecule has 1 aromatic carbocycles. The van der Waals surface area contributed by atoms with Crippen molar-refractivity contribution in [3.63, 3.8) is 0 Å². The Kier molecular flexibility index (Phi) is 6.74. The number of aromatic nitrogens is 3. The fraction of sp³-hybridized carbons (Fsp3) is 0.458. The molecule has 30 heavy (non-hydrogen) atoms. The minimum atomic E-state index is -0.0631. The van der Waals surface area contributed by atoms with Crippen LogP contribution in [0.1, 0.15) is 48.5 Å². The van der Waals surface area contributed by atoms with Gasteiger partial charge in [-0.2, -0.15) is 5.10 Å². The first kappa shape index (κ1) is 20.5. The maximum Gasteiger partial charge on any atom is 0.252 e. The molecule has 1 aliphatic heterocycles. The second kappa shape index (κ2) is 9.85. The molecule has 1 fully saturated rings. The third-order valence-electron chi connectivity index (χ3n) is 5.84. The van der Waals surface area contributed by atoms with Crippen molar-refractivity contribution in [2.45, 2.75) is 39.2 Å². The molecule has 0 radical (unpaired) electrons. The van der Waals surface area contributed by atoms with Crippen LogP contribution in [0.5, 0.6) is 0 Å². The SMILES string of the molecule is CC1CCCN(CCCCNC(=O)c2cnc3c(cnn3Cc3ccccc3)c2)C1. The van der Waals surface area contributed by atoms with Crippen LogP contribution in [0.3, 0.4) is 0 Å². The highest BCUT2D eigenvalue weighted by Gasteiger charge is 2.15. The van der Waals surface area contributed by atoms with Crippen molar-refractivity contribution in [2.75, 3.05) is 26.2 Å². The van der Waals surface area contributed by atoms with Crippen molar-refractivity contribution < 1.29 is 4.79 Å². The average Bonchev–Trinajstić information content (AvgIpc) is 3.16. The van der Waals surface area contributed by atoms with Gasteiger partial charge in [0.15, 0.2) is 5.65 Å². The lowest BCUT2D eigenvalue weighted by Gasteiger charge is -2.30. The van der Waals surface area contributed by atoms with E-state index in [1.54, 1.807) is 12.4 Å². The summed E-state index contributed by atoms with van der Waals surface area (Å²) in [7, 11) is 0. The summed E-state index contributed by atoms with van der Waals surface area (Å²) in [4.78, 5) is 19.6. The number of pyridine rings is 1. The van der Waals surface area contributed by atoms with Crippen LogP contribution in [-0.4, -0.2) is 51.8 Å². The summed E-state index contributed by atoms with van der Waals surface area (Å²) in [5.74, 6) is 0.754. The predicted molar refractivity (Wildman–Crippen MR) is 119 cm³/mol. The van der Waals surface area contributed by atoms with Crippen LogP contribution in [0, 0.1) is 5.92 Å². The van der Waals surface area contributed by atoms with E-state index in [-0.39, 0.29) is 5.91 Å². The zero-order chi connectivity index (χ0) is 20.8.